The van der Waals surface area contributed by atoms with Crippen LogP contribution in [0, 0.1) is 23.2 Å². The molecule has 0 aliphatic heterocycles. The lowest BCUT2D eigenvalue weighted by Crippen LogP contribution is -2.57. The lowest BCUT2D eigenvalue weighted by atomic mass is 9.48. The van der Waals surface area contributed by atoms with Gasteiger partial charge in [0.05, 0.1) is 0 Å². The number of ether oxygens (including phenoxy) is 3. The molecule has 0 heterocycles. The fraction of sp³-hybridized carbons (Fsp3) is 0.944. The lowest BCUT2D eigenvalue weighted by Gasteiger charge is -2.59. The summed E-state index contributed by atoms with van der Waals surface area (Å²) in [7, 11) is 0. The summed E-state index contributed by atoms with van der Waals surface area (Å²) < 4.78 is 17.5. The summed E-state index contributed by atoms with van der Waals surface area (Å²) in [5.74, 6) is 1.86. The van der Waals surface area contributed by atoms with Gasteiger partial charge < -0.3 is 14.2 Å². The van der Waals surface area contributed by atoms with Crippen LogP contribution in [-0.4, -0.2) is 37.5 Å². The number of halogens is 1. The highest BCUT2D eigenvalue weighted by Gasteiger charge is 2.57. The molecule has 0 spiro atoms. The van der Waals surface area contributed by atoms with Crippen LogP contribution < -0.4 is 0 Å². The first kappa shape index (κ1) is 17.5. The van der Waals surface area contributed by atoms with E-state index >= 15 is 0 Å². The average molecular weight is 345 g/mol. The summed E-state index contributed by atoms with van der Waals surface area (Å²) in [5, 5.41) is 0. The van der Waals surface area contributed by atoms with E-state index in [-0.39, 0.29) is 17.4 Å². The molecule has 2 atom stereocenters. The van der Waals surface area contributed by atoms with Crippen LogP contribution in [0.5, 0.6) is 0 Å². The van der Waals surface area contributed by atoms with Gasteiger partial charge in [-0.25, -0.2) is 0 Å². The molecule has 4 saturated carbocycles. The smallest absolute Gasteiger partial charge is 0.323 e. The molecule has 132 valence electrons. The van der Waals surface area contributed by atoms with E-state index in [0.29, 0.717) is 13.2 Å². The van der Waals surface area contributed by atoms with Crippen LogP contribution in [0.4, 0.5) is 0 Å². The van der Waals surface area contributed by atoms with Gasteiger partial charge in [-0.15, -0.1) is 11.6 Å². The summed E-state index contributed by atoms with van der Waals surface area (Å²) in [5.41, 5.74) is 0.108. The molecule has 5 heteroatoms. The SMILES string of the molecule is CCOC(OC(=O)CCl)C(OCC)C12CC3CC(CC(C3)C1)C2. The van der Waals surface area contributed by atoms with E-state index in [1.165, 1.54) is 38.5 Å². The predicted molar refractivity (Wildman–Crippen MR) is 88.2 cm³/mol. The van der Waals surface area contributed by atoms with Gasteiger partial charge in [-0.3, -0.25) is 4.79 Å². The largest absolute Gasteiger partial charge is 0.432 e. The van der Waals surface area contributed by atoms with Gasteiger partial charge in [-0.05, 0) is 70.1 Å². The van der Waals surface area contributed by atoms with Crippen molar-refractivity contribution < 1.29 is 19.0 Å². The van der Waals surface area contributed by atoms with Crippen molar-refractivity contribution in [1.82, 2.24) is 0 Å². The minimum Gasteiger partial charge on any atom is -0.432 e. The van der Waals surface area contributed by atoms with E-state index in [0.717, 1.165) is 17.8 Å². The molecule has 0 aromatic heterocycles. The maximum Gasteiger partial charge on any atom is 0.323 e. The van der Waals surface area contributed by atoms with E-state index in [1.54, 1.807) is 0 Å². The van der Waals surface area contributed by atoms with E-state index in [1.807, 2.05) is 13.8 Å². The molecule has 0 saturated heterocycles. The number of carbonyl (C=O) groups excluding carboxylic acids is 1. The van der Waals surface area contributed by atoms with Gasteiger partial charge in [0, 0.05) is 18.6 Å². The Balaban J connectivity index is 1.82. The molecule has 23 heavy (non-hydrogen) atoms. The van der Waals surface area contributed by atoms with Gasteiger partial charge in [0.25, 0.3) is 0 Å². The van der Waals surface area contributed by atoms with Crippen molar-refractivity contribution in [3.63, 3.8) is 0 Å². The first-order valence-electron chi connectivity index (χ1n) is 9.08. The van der Waals surface area contributed by atoms with Crippen molar-refractivity contribution in [2.75, 3.05) is 19.1 Å². The number of carbonyl (C=O) groups is 1. The molecule has 2 unspecified atom stereocenters. The highest BCUT2D eigenvalue weighted by Crippen LogP contribution is 2.62. The summed E-state index contributed by atoms with van der Waals surface area (Å²) in [4.78, 5) is 11.7. The third kappa shape index (κ3) is 3.54. The normalized spacial score (nSPS) is 37.6. The van der Waals surface area contributed by atoms with Crippen LogP contribution in [0.25, 0.3) is 0 Å². The molecule has 0 N–H and O–H groups in total. The quantitative estimate of drug-likeness (QED) is 0.382. The Labute approximate surface area is 144 Å². The Morgan fingerprint density at radius 2 is 1.57 bits per heavy atom. The summed E-state index contributed by atoms with van der Waals surface area (Å²) in [6.07, 6.45) is 6.87. The molecule has 4 aliphatic rings. The molecule has 4 nitrogen and oxygen atoms in total. The molecular weight excluding hydrogens is 316 g/mol. The van der Waals surface area contributed by atoms with Gasteiger partial charge >= 0.3 is 5.97 Å². The molecule has 4 rings (SSSR count). The van der Waals surface area contributed by atoms with Crippen molar-refractivity contribution >= 4 is 17.6 Å². The third-order valence-electron chi connectivity index (χ3n) is 5.97. The third-order valence-corrected chi connectivity index (χ3v) is 6.19. The first-order chi connectivity index (χ1) is 11.1. The van der Waals surface area contributed by atoms with Gasteiger partial charge in [-0.1, -0.05) is 0 Å². The summed E-state index contributed by atoms with van der Waals surface area (Å²) in [6, 6.07) is 0. The molecule has 0 amide bonds. The summed E-state index contributed by atoms with van der Waals surface area (Å²) in [6.45, 7) is 5.02. The Bertz CT molecular complexity index is 390. The Morgan fingerprint density at radius 1 is 1.04 bits per heavy atom. The van der Waals surface area contributed by atoms with Crippen LogP contribution in [0.2, 0.25) is 0 Å². The van der Waals surface area contributed by atoms with Crippen LogP contribution >= 0.6 is 11.6 Å². The van der Waals surface area contributed by atoms with Crippen LogP contribution in [0.3, 0.4) is 0 Å². The number of alkyl halides is 1. The van der Waals surface area contributed by atoms with Crippen molar-refractivity contribution in [2.24, 2.45) is 23.2 Å². The minimum atomic E-state index is -0.637. The second-order valence-electron chi connectivity index (χ2n) is 7.60. The number of rotatable bonds is 8. The molecule has 4 fully saturated rings. The van der Waals surface area contributed by atoms with E-state index < -0.39 is 12.3 Å². The first-order valence-corrected chi connectivity index (χ1v) is 9.62. The molecule has 0 aromatic rings. The molecule has 0 radical (unpaired) electrons. The number of esters is 1. The Kier molecular flexibility index (Phi) is 5.54. The van der Waals surface area contributed by atoms with Gasteiger partial charge in [0.2, 0.25) is 6.29 Å². The van der Waals surface area contributed by atoms with Crippen molar-refractivity contribution in [2.45, 2.75) is 64.8 Å². The zero-order chi connectivity index (χ0) is 16.4. The zero-order valence-corrected chi connectivity index (χ0v) is 15.0. The highest BCUT2D eigenvalue weighted by atomic mass is 35.5. The maximum absolute atomic E-state index is 11.7. The van der Waals surface area contributed by atoms with Crippen LogP contribution in [0.15, 0.2) is 0 Å². The standard InChI is InChI=1S/C18H29ClO4/c1-3-21-16(17(22-4-2)23-15(20)11-19)18-8-12-5-13(9-18)7-14(6-12)10-18/h12-14,16-17H,3-11H2,1-2H3. The molecule has 4 bridgehead atoms. The van der Waals surface area contributed by atoms with Crippen LogP contribution in [-0.2, 0) is 19.0 Å². The summed E-state index contributed by atoms with van der Waals surface area (Å²) >= 11 is 5.63. The zero-order valence-electron chi connectivity index (χ0n) is 14.3. The Morgan fingerprint density at radius 3 is 2.00 bits per heavy atom. The molecule has 4 aliphatic carbocycles. The monoisotopic (exact) mass is 344 g/mol. The van der Waals surface area contributed by atoms with Crippen LogP contribution in [0.1, 0.15) is 52.4 Å². The fourth-order valence-electron chi connectivity index (χ4n) is 5.76. The average Bonchev–Trinajstić information content (AvgIpc) is 2.50. The molecule has 0 aromatic carbocycles. The topological polar surface area (TPSA) is 44.8 Å². The van der Waals surface area contributed by atoms with Gasteiger partial charge in [0.15, 0.2) is 0 Å². The Hall–Kier alpha value is -0.320. The second-order valence-corrected chi connectivity index (χ2v) is 7.87. The highest BCUT2D eigenvalue weighted by molar-refractivity contribution is 6.26. The lowest BCUT2D eigenvalue weighted by molar-refractivity contribution is -0.251. The maximum atomic E-state index is 11.7. The van der Waals surface area contributed by atoms with E-state index in [9.17, 15) is 4.79 Å². The number of hydrogen-bond donors (Lipinski definition) is 0. The van der Waals surface area contributed by atoms with E-state index in [4.69, 9.17) is 25.8 Å². The van der Waals surface area contributed by atoms with E-state index in [2.05, 4.69) is 0 Å². The van der Waals surface area contributed by atoms with Crippen molar-refractivity contribution in [3.8, 4) is 0 Å². The van der Waals surface area contributed by atoms with Crippen molar-refractivity contribution in [1.29, 1.82) is 0 Å². The molecular formula is C18H29ClO4. The number of hydrogen-bond acceptors (Lipinski definition) is 4. The van der Waals surface area contributed by atoms with Crippen molar-refractivity contribution in [3.05, 3.63) is 0 Å². The van der Waals surface area contributed by atoms with Gasteiger partial charge in [0.1, 0.15) is 12.0 Å². The van der Waals surface area contributed by atoms with Gasteiger partial charge in [-0.2, -0.15) is 0 Å². The second kappa shape index (κ2) is 7.28. The fourth-order valence-corrected chi connectivity index (χ4v) is 5.82. The predicted octanol–water partition coefficient (Wildman–Crippen LogP) is 3.75. The minimum absolute atomic E-state index is 0.108.